The van der Waals surface area contributed by atoms with Gasteiger partial charge in [-0.25, -0.2) is 18.7 Å². The van der Waals surface area contributed by atoms with Crippen LogP contribution in [0, 0.1) is 11.6 Å². The summed E-state index contributed by atoms with van der Waals surface area (Å²) < 4.78 is 39.4. The van der Waals surface area contributed by atoms with Gasteiger partial charge in [0, 0.05) is 36.3 Å². The van der Waals surface area contributed by atoms with E-state index in [0.717, 1.165) is 12.1 Å². The molecule has 1 aromatic carbocycles. The van der Waals surface area contributed by atoms with Gasteiger partial charge in [0.1, 0.15) is 11.5 Å². The number of nitrogens with zero attached hydrogens (tertiary/aromatic N) is 6. The molecule has 142 valence electrons. The summed E-state index contributed by atoms with van der Waals surface area (Å²) in [5.41, 5.74) is 1.80. The number of aromatic nitrogens is 6. The Morgan fingerprint density at radius 3 is 2.83 bits per heavy atom. The molecule has 4 heterocycles. The minimum absolute atomic E-state index is 0.0913. The van der Waals surface area contributed by atoms with E-state index in [0.29, 0.717) is 22.7 Å². The maximum atomic E-state index is 13.8. The third kappa shape index (κ3) is 3.16. The first-order valence-electron chi connectivity index (χ1n) is 8.38. The Morgan fingerprint density at radius 2 is 1.93 bits per heavy atom. The lowest BCUT2D eigenvalue weighted by atomic mass is 10.2. The van der Waals surface area contributed by atoms with Crippen molar-refractivity contribution < 1.29 is 18.0 Å². The van der Waals surface area contributed by atoms with Crippen molar-refractivity contribution in [3.8, 4) is 34.6 Å². The second-order valence-corrected chi connectivity index (χ2v) is 5.93. The maximum Gasteiger partial charge on any atom is 0.258 e. The lowest BCUT2D eigenvalue weighted by Gasteiger charge is -2.06. The molecule has 0 aliphatic heterocycles. The van der Waals surface area contributed by atoms with Gasteiger partial charge >= 0.3 is 0 Å². The maximum absolute atomic E-state index is 13.8. The zero-order valence-electron chi connectivity index (χ0n) is 14.5. The first kappa shape index (κ1) is 16.9. The minimum Gasteiger partial charge on any atom is -0.436 e. The predicted octanol–water partition coefficient (Wildman–Crippen LogP) is 3.91. The van der Waals surface area contributed by atoms with E-state index >= 15 is 0 Å². The molecule has 8 nitrogen and oxygen atoms in total. The number of ether oxygens (including phenoxy) is 1. The van der Waals surface area contributed by atoms with Crippen molar-refractivity contribution in [3.63, 3.8) is 0 Å². The number of hydrogen-bond acceptors (Lipinski definition) is 7. The molecule has 0 unspecified atom stereocenters. The Labute approximate surface area is 161 Å². The molecule has 0 N–H and O–H groups in total. The third-order valence-corrected chi connectivity index (χ3v) is 4.06. The molecule has 5 aromatic rings. The fourth-order valence-electron chi connectivity index (χ4n) is 2.72. The van der Waals surface area contributed by atoms with E-state index in [-0.39, 0.29) is 17.5 Å². The van der Waals surface area contributed by atoms with Crippen LogP contribution < -0.4 is 4.74 Å². The SMILES string of the molecule is Fc1ccc(Oc2cc(-c3nc(-c4cnc5cnccn45)no3)ccn2)c(F)c1. The van der Waals surface area contributed by atoms with Gasteiger partial charge in [-0.15, -0.1) is 0 Å². The molecular formula is C19H10F2N6O2. The topological polar surface area (TPSA) is 91.2 Å². The second-order valence-electron chi connectivity index (χ2n) is 5.93. The number of fused-ring (bicyclic) bond motifs is 1. The molecule has 0 saturated heterocycles. The fourth-order valence-corrected chi connectivity index (χ4v) is 2.72. The number of hydrogen-bond donors (Lipinski definition) is 0. The lowest BCUT2D eigenvalue weighted by molar-refractivity contribution is 0.421. The van der Waals surface area contributed by atoms with Gasteiger partial charge in [-0.1, -0.05) is 5.16 Å². The molecule has 0 aliphatic carbocycles. The molecule has 0 amide bonds. The number of pyridine rings is 1. The Hall–Kier alpha value is -4.21. The molecule has 29 heavy (non-hydrogen) atoms. The van der Waals surface area contributed by atoms with Crippen LogP contribution in [0.3, 0.4) is 0 Å². The van der Waals surface area contributed by atoms with Crippen LogP contribution in [0.25, 0.3) is 28.6 Å². The summed E-state index contributed by atoms with van der Waals surface area (Å²) in [7, 11) is 0. The standard InChI is InChI=1S/C19H10F2N6O2/c20-12-1-2-15(13(21)8-12)28-17-7-11(3-4-23-17)19-25-18(26-29-19)14-9-24-16-10-22-5-6-27(14)16/h1-10H. The summed E-state index contributed by atoms with van der Waals surface area (Å²) >= 11 is 0. The van der Waals surface area contributed by atoms with Crippen LogP contribution in [0.4, 0.5) is 8.78 Å². The van der Waals surface area contributed by atoms with Crippen molar-refractivity contribution in [2.24, 2.45) is 0 Å². The van der Waals surface area contributed by atoms with Crippen molar-refractivity contribution in [1.82, 2.24) is 29.5 Å². The average molecular weight is 392 g/mol. The number of benzene rings is 1. The monoisotopic (exact) mass is 392 g/mol. The zero-order chi connectivity index (χ0) is 19.8. The molecule has 0 aliphatic rings. The largest absolute Gasteiger partial charge is 0.436 e. The van der Waals surface area contributed by atoms with Gasteiger partial charge in [-0.2, -0.15) is 4.98 Å². The van der Waals surface area contributed by atoms with E-state index < -0.39 is 11.6 Å². The van der Waals surface area contributed by atoms with Gasteiger partial charge in [0.25, 0.3) is 5.89 Å². The number of rotatable bonds is 4. The van der Waals surface area contributed by atoms with E-state index in [1.54, 1.807) is 35.3 Å². The Morgan fingerprint density at radius 1 is 1.00 bits per heavy atom. The highest BCUT2D eigenvalue weighted by atomic mass is 19.1. The Kier molecular flexibility index (Phi) is 3.94. The molecule has 10 heteroatoms. The molecule has 0 radical (unpaired) electrons. The van der Waals surface area contributed by atoms with E-state index in [2.05, 4.69) is 25.1 Å². The Bertz CT molecular complexity index is 1330. The summed E-state index contributed by atoms with van der Waals surface area (Å²) in [5, 5.41) is 3.99. The first-order chi connectivity index (χ1) is 14.2. The van der Waals surface area contributed by atoms with Crippen molar-refractivity contribution in [3.05, 3.63) is 73.0 Å². The van der Waals surface area contributed by atoms with Crippen LogP contribution >= 0.6 is 0 Å². The first-order valence-corrected chi connectivity index (χ1v) is 8.38. The normalized spacial score (nSPS) is 11.1. The lowest BCUT2D eigenvalue weighted by Crippen LogP contribution is -1.92. The average Bonchev–Trinajstić information content (AvgIpc) is 3.37. The van der Waals surface area contributed by atoms with E-state index in [4.69, 9.17) is 9.26 Å². The van der Waals surface area contributed by atoms with E-state index in [1.165, 1.54) is 18.3 Å². The molecule has 0 saturated carbocycles. The summed E-state index contributed by atoms with van der Waals surface area (Å²) in [6.07, 6.45) is 8.05. The van der Waals surface area contributed by atoms with Crippen LogP contribution in [0.2, 0.25) is 0 Å². The van der Waals surface area contributed by atoms with Crippen LogP contribution in [0.5, 0.6) is 11.6 Å². The highest BCUT2D eigenvalue weighted by Gasteiger charge is 2.16. The molecule has 4 aromatic heterocycles. The third-order valence-electron chi connectivity index (χ3n) is 4.06. The molecule has 0 bridgehead atoms. The van der Waals surface area contributed by atoms with Gasteiger partial charge in [0.15, 0.2) is 17.2 Å². The Balaban J connectivity index is 1.46. The van der Waals surface area contributed by atoms with Crippen LogP contribution in [-0.2, 0) is 0 Å². The van der Waals surface area contributed by atoms with Crippen molar-refractivity contribution in [2.75, 3.05) is 0 Å². The molecule has 0 spiro atoms. The van der Waals surface area contributed by atoms with Crippen molar-refractivity contribution in [2.45, 2.75) is 0 Å². The van der Waals surface area contributed by atoms with Crippen LogP contribution in [0.1, 0.15) is 0 Å². The van der Waals surface area contributed by atoms with E-state index in [1.807, 2.05) is 0 Å². The van der Waals surface area contributed by atoms with E-state index in [9.17, 15) is 8.78 Å². The quantitative estimate of drug-likeness (QED) is 0.458. The van der Waals surface area contributed by atoms with Gasteiger partial charge in [-0.05, 0) is 18.2 Å². The zero-order valence-corrected chi connectivity index (χ0v) is 14.5. The van der Waals surface area contributed by atoms with Gasteiger partial charge in [0.05, 0.1) is 12.4 Å². The highest BCUT2D eigenvalue weighted by molar-refractivity contribution is 5.60. The smallest absolute Gasteiger partial charge is 0.258 e. The predicted molar refractivity (Wildman–Crippen MR) is 95.9 cm³/mol. The van der Waals surface area contributed by atoms with Crippen molar-refractivity contribution >= 4 is 5.65 Å². The molecule has 0 atom stereocenters. The summed E-state index contributed by atoms with van der Waals surface area (Å²) in [4.78, 5) is 16.7. The molecular weight excluding hydrogens is 382 g/mol. The second kappa shape index (κ2) is 6.75. The number of imidazole rings is 1. The fraction of sp³-hybridized carbons (Fsp3) is 0. The number of halogens is 2. The molecule has 5 rings (SSSR count). The molecule has 0 fully saturated rings. The van der Waals surface area contributed by atoms with Gasteiger partial charge < -0.3 is 9.26 Å². The van der Waals surface area contributed by atoms with Gasteiger partial charge in [-0.3, -0.25) is 9.38 Å². The van der Waals surface area contributed by atoms with Crippen LogP contribution in [-0.4, -0.2) is 29.5 Å². The highest BCUT2D eigenvalue weighted by Crippen LogP contribution is 2.28. The van der Waals surface area contributed by atoms with Gasteiger partial charge in [0.2, 0.25) is 11.7 Å². The summed E-state index contributed by atoms with van der Waals surface area (Å²) in [6.45, 7) is 0. The van der Waals surface area contributed by atoms with Crippen LogP contribution in [0.15, 0.2) is 65.8 Å². The summed E-state index contributed by atoms with van der Waals surface area (Å²) in [6, 6.07) is 6.17. The summed E-state index contributed by atoms with van der Waals surface area (Å²) in [5.74, 6) is -1.04. The minimum atomic E-state index is -0.834. The van der Waals surface area contributed by atoms with Crippen molar-refractivity contribution in [1.29, 1.82) is 0 Å².